The van der Waals surface area contributed by atoms with Crippen LogP contribution in [0.2, 0.25) is 5.02 Å². The number of rotatable bonds is 5. The van der Waals surface area contributed by atoms with Crippen molar-refractivity contribution in [3.8, 4) is 0 Å². The number of nitrogens with zero attached hydrogens (tertiary/aromatic N) is 5. The van der Waals surface area contributed by atoms with E-state index in [1.54, 1.807) is 12.4 Å². The van der Waals surface area contributed by atoms with Crippen molar-refractivity contribution in [2.75, 3.05) is 22.6 Å². The molecule has 10 heteroatoms. The van der Waals surface area contributed by atoms with Gasteiger partial charge in [-0.05, 0) is 50.5 Å². The van der Waals surface area contributed by atoms with Gasteiger partial charge in [-0.3, -0.25) is 4.21 Å². The minimum absolute atomic E-state index is 0.0515. The predicted octanol–water partition coefficient (Wildman–Crippen LogP) is 2.74. The molecule has 3 aliphatic heterocycles. The summed E-state index contributed by atoms with van der Waals surface area (Å²) in [6, 6.07) is 0.480. The number of aryl methyl sites for hydroxylation is 1. The summed E-state index contributed by atoms with van der Waals surface area (Å²) >= 11 is 5.93. The lowest BCUT2D eigenvalue weighted by Gasteiger charge is -2.51. The predicted molar refractivity (Wildman–Crippen MR) is 123 cm³/mol. The smallest absolute Gasteiger partial charge is 0.228 e. The van der Waals surface area contributed by atoms with E-state index in [1.165, 1.54) is 0 Å². The Balaban J connectivity index is 1.34. The number of fused-ring (bicyclic) bond motifs is 2. The van der Waals surface area contributed by atoms with E-state index in [1.807, 2.05) is 0 Å². The SMILES string of the molecule is O=[S@]1CCCc2nc(N3C4C=C(c5ncc(Cl)cn5)CC3C4)nc(NC3(CO)CCC3)c21. The van der Waals surface area contributed by atoms with Crippen molar-refractivity contribution >= 4 is 39.7 Å². The maximum absolute atomic E-state index is 12.9. The van der Waals surface area contributed by atoms with Gasteiger partial charge in [0.1, 0.15) is 10.7 Å². The Bertz CT molecular complexity index is 1110. The lowest BCUT2D eigenvalue weighted by Crippen LogP contribution is -2.58. The van der Waals surface area contributed by atoms with Crippen molar-refractivity contribution < 1.29 is 9.32 Å². The van der Waals surface area contributed by atoms with E-state index >= 15 is 0 Å². The molecule has 7 rings (SSSR count). The van der Waals surface area contributed by atoms with Crippen molar-refractivity contribution in [2.45, 2.75) is 67.5 Å². The molecular weight excluding hydrogens is 448 g/mol. The van der Waals surface area contributed by atoms with Crippen LogP contribution in [0, 0.1) is 0 Å². The fraction of sp³-hybridized carbons (Fsp3) is 0.545. The molecule has 168 valence electrons. The Morgan fingerprint density at radius 2 is 2.06 bits per heavy atom. The second-order valence-corrected chi connectivity index (χ2v) is 11.1. The Morgan fingerprint density at radius 1 is 1.25 bits per heavy atom. The molecule has 0 aromatic carbocycles. The van der Waals surface area contributed by atoms with Crippen molar-refractivity contribution in [1.82, 2.24) is 19.9 Å². The van der Waals surface area contributed by atoms with E-state index in [0.717, 1.165) is 66.9 Å². The van der Waals surface area contributed by atoms with Gasteiger partial charge in [0.2, 0.25) is 5.95 Å². The minimum Gasteiger partial charge on any atom is -0.394 e. The molecule has 5 heterocycles. The molecule has 2 bridgehead atoms. The van der Waals surface area contributed by atoms with Crippen LogP contribution in [0.5, 0.6) is 0 Å². The average molecular weight is 473 g/mol. The van der Waals surface area contributed by atoms with Crippen molar-refractivity contribution in [1.29, 1.82) is 0 Å². The summed E-state index contributed by atoms with van der Waals surface area (Å²) in [7, 11) is -1.11. The fourth-order valence-corrected chi connectivity index (χ4v) is 6.65. The molecule has 2 unspecified atom stereocenters. The molecule has 2 aromatic rings. The quantitative estimate of drug-likeness (QED) is 0.684. The highest BCUT2D eigenvalue weighted by atomic mass is 35.5. The van der Waals surface area contributed by atoms with Crippen LogP contribution in [0.25, 0.3) is 5.57 Å². The van der Waals surface area contributed by atoms with Gasteiger partial charge in [0, 0.05) is 24.2 Å². The van der Waals surface area contributed by atoms with Crippen LogP contribution >= 0.6 is 11.6 Å². The number of halogens is 1. The van der Waals surface area contributed by atoms with Gasteiger partial charge in [-0.2, -0.15) is 4.98 Å². The Labute approximate surface area is 194 Å². The summed E-state index contributed by atoms with van der Waals surface area (Å²) in [6.45, 7) is 0.0515. The molecule has 5 aliphatic rings. The molecule has 0 amide bonds. The van der Waals surface area contributed by atoms with Gasteiger partial charge in [-0.25, -0.2) is 15.0 Å². The summed E-state index contributed by atoms with van der Waals surface area (Å²) in [4.78, 5) is 21.5. The Kier molecular flexibility index (Phi) is 4.96. The summed E-state index contributed by atoms with van der Waals surface area (Å²) < 4.78 is 12.9. The fourth-order valence-electron chi connectivity index (χ4n) is 5.22. The number of hydrogen-bond acceptors (Lipinski definition) is 8. The molecule has 2 N–H and O–H groups in total. The van der Waals surface area contributed by atoms with E-state index < -0.39 is 10.8 Å². The molecule has 2 fully saturated rings. The molecular formula is C22H25ClN6O2S. The third-order valence-corrected chi connectivity index (χ3v) is 8.88. The highest BCUT2D eigenvalue weighted by Gasteiger charge is 2.45. The third-order valence-electron chi connectivity index (χ3n) is 7.14. The third kappa shape index (κ3) is 3.33. The van der Waals surface area contributed by atoms with E-state index in [4.69, 9.17) is 21.6 Å². The first-order valence-corrected chi connectivity index (χ1v) is 12.9. The van der Waals surface area contributed by atoms with Gasteiger partial charge in [0.25, 0.3) is 0 Å². The summed E-state index contributed by atoms with van der Waals surface area (Å²) in [5.74, 6) is 2.69. The largest absolute Gasteiger partial charge is 0.394 e. The number of aliphatic hydroxyl groups is 1. The highest BCUT2D eigenvalue weighted by molar-refractivity contribution is 7.85. The molecule has 1 saturated carbocycles. The van der Waals surface area contributed by atoms with Crippen LogP contribution in [0.15, 0.2) is 23.4 Å². The minimum atomic E-state index is -1.11. The number of nitrogens with one attached hydrogen (secondary N) is 1. The first-order valence-electron chi connectivity index (χ1n) is 11.2. The molecule has 1 saturated heterocycles. The van der Waals surface area contributed by atoms with Gasteiger partial charge >= 0.3 is 0 Å². The first-order chi connectivity index (χ1) is 15.5. The normalized spacial score (nSPS) is 27.6. The molecule has 2 aliphatic carbocycles. The maximum Gasteiger partial charge on any atom is 0.228 e. The number of aliphatic hydroxyl groups excluding tert-OH is 1. The average Bonchev–Trinajstić information content (AvgIpc) is 2.76. The molecule has 0 spiro atoms. The highest BCUT2D eigenvalue weighted by Crippen LogP contribution is 2.44. The van der Waals surface area contributed by atoms with E-state index in [2.05, 4.69) is 26.3 Å². The summed E-state index contributed by atoms with van der Waals surface area (Å²) in [5.41, 5.74) is 1.65. The lowest BCUT2D eigenvalue weighted by atomic mass is 9.77. The van der Waals surface area contributed by atoms with Crippen LogP contribution in [0.3, 0.4) is 0 Å². The standard InChI is InChI=1S/C22H25ClN6O2S/c23-14-10-24-19(25-11-14)13-7-15-9-16(8-13)29(15)21-26-17-3-1-6-32(31)18(17)20(27-21)28-22(12-30)4-2-5-22/h7,10-11,15-16,30H,1-6,8-9,12H2,(H,26,27,28)/t15?,16?,32-/m0/s1. The van der Waals surface area contributed by atoms with Gasteiger partial charge < -0.3 is 15.3 Å². The van der Waals surface area contributed by atoms with E-state index in [0.29, 0.717) is 22.5 Å². The zero-order valence-corrected chi connectivity index (χ0v) is 19.2. The second kappa shape index (κ2) is 7.74. The van der Waals surface area contributed by atoms with E-state index in [9.17, 15) is 9.32 Å². The van der Waals surface area contributed by atoms with Crippen LogP contribution in [0.1, 0.15) is 50.0 Å². The molecule has 32 heavy (non-hydrogen) atoms. The van der Waals surface area contributed by atoms with Crippen LogP contribution in [-0.4, -0.2) is 59.2 Å². The van der Waals surface area contributed by atoms with Crippen LogP contribution in [0.4, 0.5) is 11.8 Å². The topological polar surface area (TPSA) is 104 Å². The molecule has 2 aromatic heterocycles. The van der Waals surface area contributed by atoms with Crippen LogP contribution < -0.4 is 10.2 Å². The molecule has 8 nitrogen and oxygen atoms in total. The second-order valence-electron chi connectivity index (χ2n) is 9.20. The first kappa shape index (κ1) is 20.5. The lowest BCUT2D eigenvalue weighted by molar-refractivity contribution is 0.143. The molecule has 0 radical (unpaired) electrons. The summed E-state index contributed by atoms with van der Waals surface area (Å²) in [6.07, 6.45) is 11.9. The number of hydrogen-bond donors (Lipinski definition) is 2. The van der Waals surface area contributed by atoms with Crippen molar-refractivity contribution in [2.24, 2.45) is 0 Å². The Morgan fingerprint density at radius 3 is 2.72 bits per heavy atom. The summed E-state index contributed by atoms with van der Waals surface area (Å²) in [5, 5.41) is 14.0. The zero-order chi connectivity index (χ0) is 21.9. The van der Waals surface area contributed by atoms with Gasteiger partial charge in [0.05, 0.1) is 39.7 Å². The van der Waals surface area contributed by atoms with Gasteiger partial charge in [-0.1, -0.05) is 17.7 Å². The number of anilines is 2. The zero-order valence-electron chi connectivity index (χ0n) is 17.6. The molecule has 3 atom stereocenters. The van der Waals surface area contributed by atoms with Crippen LogP contribution in [-0.2, 0) is 17.2 Å². The van der Waals surface area contributed by atoms with E-state index in [-0.39, 0.29) is 24.2 Å². The van der Waals surface area contributed by atoms with Gasteiger partial charge in [-0.15, -0.1) is 0 Å². The maximum atomic E-state index is 12.9. The Hall–Kier alpha value is -2.10. The van der Waals surface area contributed by atoms with Crippen molar-refractivity contribution in [3.63, 3.8) is 0 Å². The monoisotopic (exact) mass is 472 g/mol. The van der Waals surface area contributed by atoms with Crippen molar-refractivity contribution in [3.05, 3.63) is 35.0 Å². The van der Waals surface area contributed by atoms with Gasteiger partial charge in [0.15, 0.2) is 5.82 Å². The number of aromatic nitrogens is 4.